The van der Waals surface area contributed by atoms with Crippen LogP contribution in [0.4, 0.5) is 0 Å². The molecule has 1 unspecified atom stereocenters. The number of ether oxygens (including phenoxy) is 2. The van der Waals surface area contributed by atoms with Crippen molar-refractivity contribution in [1.29, 1.82) is 0 Å². The van der Waals surface area contributed by atoms with Crippen LogP contribution in [0.3, 0.4) is 0 Å². The molecule has 0 radical (unpaired) electrons. The lowest BCUT2D eigenvalue weighted by Crippen LogP contribution is -2.69. The third-order valence-electron chi connectivity index (χ3n) is 15.6. The third kappa shape index (κ3) is 4.60. The molecule has 0 bridgehead atoms. The summed E-state index contributed by atoms with van der Waals surface area (Å²) in [7, 11) is 0. The van der Waals surface area contributed by atoms with Gasteiger partial charge in [0.1, 0.15) is 24.4 Å². The molecule has 5 aliphatic carbocycles. The summed E-state index contributed by atoms with van der Waals surface area (Å²) in [5.41, 5.74) is -3.27. The lowest BCUT2D eigenvalue weighted by molar-refractivity contribution is -0.299. The Morgan fingerprint density at radius 3 is 2.23 bits per heavy atom. The van der Waals surface area contributed by atoms with Gasteiger partial charge in [-0.15, -0.1) is 0 Å². The number of hydrogen-bond acceptors (Lipinski definition) is 11. The van der Waals surface area contributed by atoms with Crippen molar-refractivity contribution < 1.29 is 55.1 Å². The number of esters is 1. The number of aliphatic hydroxyl groups is 8. The Labute approximate surface area is 278 Å². The van der Waals surface area contributed by atoms with E-state index >= 15 is 0 Å². The first-order chi connectivity index (χ1) is 21.8. The molecule has 8 N–H and O–H groups in total. The zero-order valence-corrected chi connectivity index (χ0v) is 28.8. The molecule has 0 aromatic rings. The molecule has 6 rings (SSSR count). The minimum Gasteiger partial charge on any atom is -0.432 e. The maximum Gasteiger partial charge on any atom is 0.315 e. The minimum atomic E-state index is -1.72. The van der Waals surface area contributed by atoms with E-state index in [0.717, 1.165) is 18.4 Å². The second-order valence-electron chi connectivity index (χ2n) is 17.5. The summed E-state index contributed by atoms with van der Waals surface area (Å²) in [6, 6.07) is 0. The largest absolute Gasteiger partial charge is 0.432 e. The number of aliphatic hydroxyl groups excluding tert-OH is 7. The van der Waals surface area contributed by atoms with Crippen molar-refractivity contribution in [2.75, 3.05) is 13.2 Å². The third-order valence-corrected chi connectivity index (χ3v) is 15.6. The van der Waals surface area contributed by atoms with Crippen molar-refractivity contribution in [2.24, 2.45) is 50.7 Å². The molecule has 47 heavy (non-hydrogen) atoms. The van der Waals surface area contributed by atoms with Crippen molar-refractivity contribution in [3.05, 3.63) is 11.6 Å². The molecular weight excluding hydrogens is 608 g/mol. The Bertz CT molecular complexity index is 1270. The topological polar surface area (TPSA) is 197 Å². The molecule has 17 atom stereocenters. The molecule has 1 aliphatic heterocycles. The van der Waals surface area contributed by atoms with Gasteiger partial charge in [-0.05, 0) is 92.3 Å². The van der Waals surface area contributed by atoms with E-state index in [1.54, 1.807) is 0 Å². The molecule has 4 saturated carbocycles. The van der Waals surface area contributed by atoms with E-state index in [1.807, 2.05) is 20.8 Å². The number of fused-ring (bicyclic) bond motifs is 7. The number of allylic oxidation sites excluding steroid dienone is 1. The SMILES string of the molecule is C[C@@H]1CC[C@]2(C(=O)O[C@@H]3O[C@H](CO)[C@@H](O)[C@H](O)[C@H]3O)CC[C@]3(C)C(=CC[C@@H]4[C@@]5(C)CC(O)[C@H](O)[C@@](C)(CO)[C@@H]5CC[C@]43C)[C@@H]2[C@]1(C)O. The normalized spacial score (nSPS) is 57.5. The van der Waals surface area contributed by atoms with E-state index in [-0.39, 0.29) is 35.2 Å². The van der Waals surface area contributed by atoms with Gasteiger partial charge in [0.2, 0.25) is 6.29 Å². The van der Waals surface area contributed by atoms with E-state index < -0.39 is 83.3 Å². The van der Waals surface area contributed by atoms with Gasteiger partial charge in [-0.1, -0.05) is 46.3 Å². The van der Waals surface area contributed by atoms with Crippen LogP contribution in [-0.4, -0.2) is 109 Å². The molecule has 0 spiro atoms. The highest BCUT2D eigenvalue weighted by atomic mass is 16.7. The monoisotopic (exact) mass is 666 g/mol. The molecule has 1 heterocycles. The van der Waals surface area contributed by atoms with E-state index in [1.165, 1.54) is 0 Å². The molecule has 268 valence electrons. The van der Waals surface area contributed by atoms with Crippen LogP contribution in [-0.2, 0) is 14.3 Å². The summed E-state index contributed by atoms with van der Waals surface area (Å²) in [4.78, 5) is 14.5. The average Bonchev–Trinajstić information content (AvgIpc) is 3.02. The van der Waals surface area contributed by atoms with Crippen LogP contribution < -0.4 is 0 Å². The van der Waals surface area contributed by atoms with Gasteiger partial charge in [-0.2, -0.15) is 0 Å². The second-order valence-corrected chi connectivity index (χ2v) is 17.5. The maximum atomic E-state index is 14.5. The minimum absolute atomic E-state index is 0.00373. The van der Waals surface area contributed by atoms with Gasteiger partial charge >= 0.3 is 5.97 Å². The molecule has 6 aliphatic rings. The first-order valence-corrected chi connectivity index (χ1v) is 17.7. The standard InChI is InChI=1S/C36H58O11/c1-18-9-12-36(30(44)47-29-26(42)25(41)24(40)21(16-37)46-29)14-13-33(4)19(27(36)35(18,6)45)7-8-23-31(2)15-20(39)28(43)32(3,17-38)22(31)10-11-34(23,33)5/h7,18,20-29,37-43,45H,8-17H2,1-6H3/t18-,20?,21-,22-,23-,24-,25+,26-,27-,28+,29+,31+,32+,33-,34-,35-,36+/m1/s1. The zero-order valence-electron chi connectivity index (χ0n) is 28.8. The van der Waals surface area contributed by atoms with Crippen LogP contribution in [0.2, 0.25) is 0 Å². The van der Waals surface area contributed by atoms with Crippen molar-refractivity contribution in [2.45, 2.75) is 141 Å². The molecule has 1 saturated heterocycles. The van der Waals surface area contributed by atoms with Gasteiger partial charge in [0.25, 0.3) is 0 Å². The van der Waals surface area contributed by atoms with Gasteiger partial charge in [0.15, 0.2) is 0 Å². The highest BCUT2D eigenvalue weighted by Crippen LogP contribution is 2.76. The highest BCUT2D eigenvalue weighted by Gasteiger charge is 2.72. The lowest BCUT2D eigenvalue weighted by Gasteiger charge is -2.72. The van der Waals surface area contributed by atoms with E-state index in [9.17, 15) is 45.6 Å². The Morgan fingerprint density at radius 1 is 0.915 bits per heavy atom. The van der Waals surface area contributed by atoms with Crippen molar-refractivity contribution in [3.8, 4) is 0 Å². The van der Waals surface area contributed by atoms with Crippen LogP contribution in [0.5, 0.6) is 0 Å². The smallest absolute Gasteiger partial charge is 0.315 e. The lowest BCUT2D eigenvalue weighted by atomic mass is 9.33. The summed E-state index contributed by atoms with van der Waals surface area (Å²) in [6.07, 6.45) is -2.75. The van der Waals surface area contributed by atoms with Crippen molar-refractivity contribution in [1.82, 2.24) is 0 Å². The Hall–Kier alpha value is -1.15. The molecule has 11 heteroatoms. The predicted molar refractivity (Wildman–Crippen MR) is 169 cm³/mol. The number of hydrogen-bond donors (Lipinski definition) is 8. The van der Waals surface area contributed by atoms with Gasteiger partial charge in [0.05, 0.1) is 36.4 Å². The van der Waals surface area contributed by atoms with Crippen molar-refractivity contribution >= 4 is 5.97 Å². The fourth-order valence-corrected chi connectivity index (χ4v) is 12.4. The molecule has 5 fully saturated rings. The molecular formula is C36H58O11. The fourth-order valence-electron chi connectivity index (χ4n) is 12.4. The van der Waals surface area contributed by atoms with E-state index in [4.69, 9.17) is 9.47 Å². The van der Waals surface area contributed by atoms with Gasteiger partial charge in [-0.25, -0.2) is 0 Å². The summed E-state index contributed by atoms with van der Waals surface area (Å²) in [5.74, 6) is -1.23. The number of carbonyl (C=O) groups excluding carboxylic acids is 1. The average molecular weight is 667 g/mol. The van der Waals surface area contributed by atoms with Gasteiger partial charge < -0.3 is 50.3 Å². The Kier molecular flexibility index (Phi) is 8.68. The second kappa shape index (κ2) is 11.4. The maximum absolute atomic E-state index is 14.5. The Morgan fingerprint density at radius 2 is 1.60 bits per heavy atom. The van der Waals surface area contributed by atoms with Crippen molar-refractivity contribution in [3.63, 3.8) is 0 Å². The zero-order chi connectivity index (χ0) is 34.7. The van der Waals surface area contributed by atoms with Crippen LogP contribution in [0, 0.1) is 50.7 Å². The Balaban J connectivity index is 1.40. The van der Waals surface area contributed by atoms with Crippen LogP contribution in [0.15, 0.2) is 11.6 Å². The van der Waals surface area contributed by atoms with Gasteiger partial charge in [0, 0.05) is 11.3 Å². The molecule has 11 nitrogen and oxygen atoms in total. The summed E-state index contributed by atoms with van der Waals surface area (Å²) in [6.45, 7) is 11.6. The number of rotatable bonds is 4. The van der Waals surface area contributed by atoms with Crippen LogP contribution >= 0.6 is 0 Å². The van der Waals surface area contributed by atoms with Gasteiger partial charge in [-0.3, -0.25) is 4.79 Å². The first-order valence-electron chi connectivity index (χ1n) is 17.7. The summed E-state index contributed by atoms with van der Waals surface area (Å²) in [5, 5.41) is 86.2. The predicted octanol–water partition coefficient (Wildman–Crippen LogP) is 1.41. The molecule has 0 aromatic heterocycles. The van der Waals surface area contributed by atoms with E-state index in [0.29, 0.717) is 38.5 Å². The highest BCUT2D eigenvalue weighted by molar-refractivity contribution is 5.79. The molecule has 0 aromatic carbocycles. The van der Waals surface area contributed by atoms with Crippen LogP contribution in [0.25, 0.3) is 0 Å². The van der Waals surface area contributed by atoms with E-state index in [2.05, 4.69) is 26.8 Å². The fraction of sp³-hybridized carbons (Fsp3) is 0.917. The summed E-state index contributed by atoms with van der Waals surface area (Å²) < 4.78 is 11.4. The summed E-state index contributed by atoms with van der Waals surface area (Å²) >= 11 is 0. The number of carbonyl (C=O) groups is 1. The first kappa shape index (κ1) is 35.7. The molecule has 0 amide bonds. The van der Waals surface area contributed by atoms with Crippen LogP contribution in [0.1, 0.15) is 92.9 Å². The quantitative estimate of drug-likeness (QED) is 0.160.